The lowest BCUT2D eigenvalue weighted by Gasteiger charge is -2.72. The summed E-state index contributed by atoms with van der Waals surface area (Å²) >= 11 is 0. The van der Waals surface area contributed by atoms with Crippen LogP contribution in [-0.4, -0.2) is 65.1 Å². The molecule has 7 aliphatic carbocycles. The number of hydrogen-bond acceptors (Lipinski definition) is 8. The molecule has 332 valence electrons. The first-order valence-electron chi connectivity index (χ1n) is 25.8. The van der Waals surface area contributed by atoms with E-state index in [2.05, 4.69) is 47.1 Å². The first kappa shape index (κ1) is 38.6. The normalized spacial score (nSPS) is 45.0. The van der Waals surface area contributed by atoms with Gasteiger partial charge in [0.05, 0.1) is 11.0 Å². The minimum absolute atomic E-state index is 0.164. The van der Waals surface area contributed by atoms with E-state index in [-0.39, 0.29) is 35.6 Å². The topological polar surface area (TPSA) is 105 Å². The number of fused-ring (bicyclic) bond motifs is 3. The molecule has 8 nitrogen and oxygen atoms in total. The van der Waals surface area contributed by atoms with Crippen LogP contribution >= 0.6 is 0 Å². The van der Waals surface area contributed by atoms with Crippen LogP contribution in [-0.2, 0) is 26.3 Å². The molecule has 17 rings (SSSR count). The number of carbonyl (C=O) groups excluding carboxylic acids is 2. The summed E-state index contributed by atoms with van der Waals surface area (Å²) in [6, 6.07) is 7.04. The number of esters is 2. The van der Waals surface area contributed by atoms with Crippen molar-refractivity contribution in [1.82, 2.24) is 9.80 Å². The quantitative estimate of drug-likeness (QED) is 0.283. The van der Waals surface area contributed by atoms with Gasteiger partial charge in [-0.05, 0) is 148 Å². The van der Waals surface area contributed by atoms with Crippen LogP contribution in [0.5, 0.6) is 0 Å². The molecule has 1 aromatic rings. The molecule has 0 amide bonds. The van der Waals surface area contributed by atoms with Crippen LogP contribution in [0.25, 0.3) is 0 Å². The molecule has 0 aromatic heterocycles. The third kappa shape index (κ3) is 4.67. The Morgan fingerprint density at radius 2 is 1.86 bits per heavy atom. The third-order valence-electron chi connectivity index (χ3n) is 20.6. The Bertz CT molecular complexity index is 2400. The van der Waals surface area contributed by atoms with Crippen LogP contribution in [0.1, 0.15) is 144 Å². The summed E-state index contributed by atoms with van der Waals surface area (Å²) in [5.41, 5.74) is 14.5. The Balaban J connectivity index is 1.07. The number of aliphatic hydroxyl groups excluding tert-OH is 1. The fourth-order valence-corrected chi connectivity index (χ4v) is 18.7. The number of allylic oxidation sites excluding steroid dienone is 6. The van der Waals surface area contributed by atoms with E-state index >= 15 is 4.79 Å². The Morgan fingerprint density at radius 3 is 2.73 bits per heavy atom. The van der Waals surface area contributed by atoms with Crippen LogP contribution < -0.4 is 5.73 Å². The summed E-state index contributed by atoms with van der Waals surface area (Å²) in [5, 5.41) is 13.3. The van der Waals surface area contributed by atoms with Gasteiger partial charge in [0.15, 0.2) is 11.4 Å². The average molecular weight is 850 g/mol. The van der Waals surface area contributed by atoms with Gasteiger partial charge in [-0.25, -0.2) is 4.79 Å². The van der Waals surface area contributed by atoms with Crippen molar-refractivity contribution in [3.8, 4) is 0 Å². The summed E-state index contributed by atoms with van der Waals surface area (Å²) in [5.74, 6) is 3.35. The van der Waals surface area contributed by atoms with E-state index in [1.54, 1.807) is 11.3 Å². The Kier molecular flexibility index (Phi) is 8.27. The highest BCUT2D eigenvalue weighted by atomic mass is 16.6. The number of rotatable bonds is 5. The van der Waals surface area contributed by atoms with Crippen LogP contribution in [0.3, 0.4) is 0 Å². The fraction of sp³-hybridized carbons (Fsp3) is 0.673. The SMILES string of the molecule is C[C@@H]1CCC2=C3C=CC[C@H]4CC5=C6[C@H](C7=C2[C@]28C(=O)O/C(=C(/O)C[C@@H](CC9CCCCC9)N9C[C@H]%10C[C@@H](C9)[C@H](CC5)N6C%10)[C@@]2(CC7)[C@]2(OC(=O)c5c(CCCN)cccc52)[C@H]8C1)[C@@H]34. The van der Waals surface area contributed by atoms with Crippen molar-refractivity contribution in [3.05, 3.63) is 92.1 Å². The van der Waals surface area contributed by atoms with Gasteiger partial charge >= 0.3 is 11.9 Å². The van der Waals surface area contributed by atoms with Gasteiger partial charge in [-0.2, -0.15) is 0 Å². The van der Waals surface area contributed by atoms with Crippen molar-refractivity contribution in [3.63, 3.8) is 0 Å². The monoisotopic (exact) mass is 850 g/mol. The fourth-order valence-electron chi connectivity index (χ4n) is 18.7. The van der Waals surface area contributed by atoms with Crippen molar-refractivity contribution >= 4 is 11.9 Å². The summed E-state index contributed by atoms with van der Waals surface area (Å²) in [7, 11) is 0. The number of aliphatic hydroxyl groups is 1. The Hall–Kier alpha value is -3.62. The van der Waals surface area contributed by atoms with E-state index < -0.39 is 16.4 Å². The minimum Gasteiger partial charge on any atom is -0.509 e. The second-order valence-corrected chi connectivity index (χ2v) is 23.3. The van der Waals surface area contributed by atoms with Gasteiger partial charge < -0.3 is 25.2 Å². The predicted octanol–water partition coefficient (Wildman–Crippen LogP) is 9.72. The minimum atomic E-state index is -1.13. The Labute approximate surface area is 373 Å². The van der Waals surface area contributed by atoms with Crippen molar-refractivity contribution < 1.29 is 24.2 Å². The lowest BCUT2D eigenvalue weighted by molar-refractivity contribution is -0.279. The van der Waals surface area contributed by atoms with Crippen LogP contribution in [0.4, 0.5) is 0 Å². The highest BCUT2D eigenvalue weighted by molar-refractivity contribution is 6.01. The molecular formula is C55H67N3O5. The van der Waals surface area contributed by atoms with Crippen LogP contribution in [0.2, 0.25) is 0 Å². The van der Waals surface area contributed by atoms with Crippen molar-refractivity contribution in [2.45, 2.75) is 147 Å². The van der Waals surface area contributed by atoms with E-state index in [1.807, 2.05) is 0 Å². The maximum atomic E-state index is 16.1. The van der Waals surface area contributed by atoms with E-state index in [9.17, 15) is 9.90 Å². The summed E-state index contributed by atoms with van der Waals surface area (Å²) in [6.07, 6.45) is 24.7. The lowest BCUT2D eigenvalue weighted by Crippen LogP contribution is -2.77. The molecule has 0 radical (unpaired) electrons. The smallest absolute Gasteiger partial charge is 0.339 e. The first-order chi connectivity index (χ1) is 30.8. The molecule has 3 saturated carbocycles. The van der Waals surface area contributed by atoms with E-state index in [0.717, 1.165) is 75.7 Å². The number of nitrogens with two attached hydrogens (primary N) is 1. The summed E-state index contributed by atoms with van der Waals surface area (Å²) < 4.78 is 14.3. The molecule has 3 saturated heterocycles. The lowest BCUT2D eigenvalue weighted by atomic mass is 9.27. The average Bonchev–Trinajstić information content (AvgIpc) is 3.75. The molecule has 13 atom stereocenters. The van der Waals surface area contributed by atoms with Gasteiger partial charge in [0.2, 0.25) is 0 Å². The van der Waals surface area contributed by atoms with Gasteiger partial charge in [0, 0.05) is 61.2 Å². The molecule has 1 aromatic carbocycles. The van der Waals surface area contributed by atoms with E-state index in [0.29, 0.717) is 78.7 Å². The standard InChI is InChI=1S/C55H67N3O5/c1-30-15-17-39-38-13-5-11-34-25-35-16-18-42-36-23-32-27-57(29-36)37(24-31-8-3-2-4-9-31)26-43(59)50-53-20-19-40(47(45(34)38)49(35)58(42)28-32)48(39)54(53,52(61)62-50)44(22-30)55(53)41-14-6-10-33(12-7-21-56)46(41)51(60)63-55/h5-6,10,13-14,30-32,34,36-37,42,44-45,47,59H,2-4,7-9,11-12,15-29,56H2,1H3/b50-43+/t30-,32-,34+,36+,37-,42+,44+,45-,47-,53-,54-,55-/m1/s1. The third-order valence-corrected chi connectivity index (χ3v) is 20.6. The summed E-state index contributed by atoms with van der Waals surface area (Å²) in [4.78, 5) is 36.9. The van der Waals surface area contributed by atoms with Gasteiger partial charge in [0.25, 0.3) is 0 Å². The number of ether oxygens (including phenoxy) is 2. The van der Waals surface area contributed by atoms with E-state index in [4.69, 9.17) is 15.2 Å². The maximum absolute atomic E-state index is 16.1. The Morgan fingerprint density at radius 1 is 0.968 bits per heavy atom. The van der Waals surface area contributed by atoms with Gasteiger partial charge in [-0.15, -0.1) is 0 Å². The molecule has 3 N–H and O–H groups in total. The maximum Gasteiger partial charge on any atom is 0.339 e. The largest absolute Gasteiger partial charge is 0.509 e. The molecule has 8 heteroatoms. The number of piperidine rings is 2. The summed E-state index contributed by atoms with van der Waals surface area (Å²) in [6.45, 7) is 6.20. The second-order valence-electron chi connectivity index (χ2n) is 23.3. The van der Waals surface area contributed by atoms with Crippen molar-refractivity contribution in [2.24, 2.45) is 63.9 Å². The highest BCUT2D eigenvalue weighted by Crippen LogP contribution is 2.88. The zero-order valence-electron chi connectivity index (χ0n) is 37.5. The molecule has 9 aliphatic heterocycles. The molecule has 3 spiro atoms. The van der Waals surface area contributed by atoms with Gasteiger partial charge in [0.1, 0.15) is 11.2 Å². The highest BCUT2D eigenvalue weighted by Gasteiger charge is 2.94. The number of benzene rings is 1. The van der Waals surface area contributed by atoms with E-state index in [1.165, 1.54) is 80.1 Å². The molecule has 6 fully saturated rings. The number of aryl methyl sites for hydroxylation is 1. The molecule has 12 bridgehead atoms. The molecular weight excluding hydrogens is 783 g/mol. The molecule has 16 aliphatic rings. The van der Waals surface area contributed by atoms with Gasteiger partial charge in [-0.1, -0.05) is 80.5 Å². The van der Waals surface area contributed by atoms with Crippen molar-refractivity contribution in [2.75, 3.05) is 26.2 Å². The number of nitrogens with zero attached hydrogens (tertiary/aromatic N) is 2. The van der Waals surface area contributed by atoms with Crippen LogP contribution in [0, 0.1) is 58.2 Å². The molecule has 1 unspecified atom stereocenters. The first-order valence-corrected chi connectivity index (χ1v) is 25.8. The van der Waals surface area contributed by atoms with Crippen molar-refractivity contribution in [1.29, 1.82) is 0 Å². The number of hydrogen-bond donors (Lipinski definition) is 2. The zero-order valence-corrected chi connectivity index (χ0v) is 37.5. The number of carbonyl (C=O) groups is 2. The molecule has 9 heterocycles. The predicted molar refractivity (Wildman–Crippen MR) is 240 cm³/mol. The van der Waals surface area contributed by atoms with Crippen LogP contribution in [0.15, 0.2) is 75.4 Å². The second kappa shape index (κ2) is 13.5. The zero-order chi connectivity index (χ0) is 42.1. The molecule has 63 heavy (non-hydrogen) atoms. The van der Waals surface area contributed by atoms with Gasteiger partial charge in [-0.3, -0.25) is 9.69 Å².